The molecule has 0 N–H and O–H groups in total. The van der Waals surface area contributed by atoms with Gasteiger partial charge in [-0.25, -0.2) is 4.79 Å². The van der Waals surface area contributed by atoms with Crippen LogP contribution in [0.5, 0.6) is 0 Å². The van der Waals surface area contributed by atoms with Gasteiger partial charge in [0.05, 0.1) is 7.11 Å². The summed E-state index contributed by atoms with van der Waals surface area (Å²) in [5, 5.41) is 0. The molecule has 98 valence electrons. The van der Waals surface area contributed by atoms with E-state index in [1.807, 2.05) is 4.90 Å². The summed E-state index contributed by atoms with van der Waals surface area (Å²) in [6.45, 7) is 5.97. The number of piperidine rings is 1. The second-order valence-corrected chi connectivity index (χ2v) is 5.07. The van der Waals surface area contributed by atoms with E-state index in [1.165, 1.54) is 12.0 Å². The minimum atomic E-state index is -0.476. The average Bonchev–Trinajstić information content (AvgIpc) is 2.26. The monoisotopic (exact) mass is 242 g/mol. The number of ether oxygens (including phenoxy) is 1. The molecule has 2 amide bonds. The van der Waals surface area contributed by atoms with Crippen LogP contribution in [-0.2, 0) is 9.53 Å². The molecule has 1 aliphatic heterocycles. The van der Waals surface area contributed by atoms with Crippen LogP contribution in [0.2, 0.25) is 0 Å². The Morgan fingerprint density at radius 2 is 1.82 bits per heavy atom. The minimum absolute atomic E-state index is 0.00343. The number of carbonyl (C=O) groups is 2. The maximum atomic E-state index is 12.0. The zero-order chi connectivity index (χ0) is 13.0. The summed E-state index contributed by atoms with van der Waals surface area (Å²) in [6, 6.07) is 0. The Morgan fingerprint density at radius 3 is 2.29 bits per heavy atom. The lowest BCUT2D eigenvalue weighted by Crippen LogP contribution is -2.47. The molecule has 0 unspecified atom stereocenters. The number of methoxy groups -OCH3 is 1. The molecule has 0 bridgehead atoms. The van der Waals surface area contributed by atoms with Gasteiger partial charge in [0.15, 0.2) is 0 Å². The molecule has 0 aromatic heterocycles. The second-order valence-electron chi connectivity index (χ2n) is 5.07. The van der Waals surface area contributed by atoms with E-state index in [0.29, 0.717) is 11.8 Å². The molecule has 1 aliphatic rings. The molecule has 0 spiro atoms. The standard InChI is InChI=1S/C12H22N2O3/c1-9-5-10(2)7-14(6-9)11(15)8-13(3)12(16)17-4/h9-10H,5-8H2,1-4H3/t9-,10-/m1/s1. The number of likely N-dealkylation sites (N-methyl/N-ethyl adjacent to an activating group) is 1. The maximum Gasteiger partial charge on any atom is 0.409 e. The average molecular weight is 242 g/mol. The number of hydrogen-bond acceptors (Lipinski definition) is 3. The third-order valence-corrected chi connectivity index (χ3v) is 3.08. The summed E-state index contributed by atoms with van der Waals surface area (Å²) in [5.74, 6) is 1.06. The van der Waals surface area contributed by atoms with Crippen molar-refractivity contribution in [2.45, 2.75) is 20.3 Å². The van der Waals surface area contributed by atoms with Gasteiger partial charge in [-0.2, -0.15) is 0 Å². The van der Waals surface area contributed by atoms with E-state index in [0.717, 1.165) is 19.5 Å². The Balaban J connectivity index is 2.49. The second kappa shape index (κ2) is 5.89. The van der Waals surface area contributed by atoms with Crippen molar-refractivity contribution in [2.24, 2.45) is 11.8 Å². The fourth-order valence-corrected chi connectivity index (χ4v) is 2.39. The molecule has 0 radical (unpaired) electrons. The van der Waals surface area contributed by atoms with Gasteiger partial charge in [-0.1, -0.05) is 13.8 Å². The van der Waals surface area contributed by atoms with Gasteiger partial charge in [-0.3, -0.25) is 4.79 Å². The molecule has 5 nitrogen and oxygen atoms in total. The number of rotatable bonds is 2. The lowest BCUT2D eigenvalue weighted by atomic mass is 9.92. The molecule has 0 saturated carbocycles. The summed E-state index contributed by atoms with van der Waals surface area (Å²) in [4.78, 5) is 26.3. The van der Waals surface area contributed by atoms with Gasteiger partial charge in [-0.05, 0) is 18.3 Å². The van der Waals surface area contributed by atoms with E-state index >= 15 is 0 Å². The highest BCUT2D eigenvalue weighted by Gasteiger charge is 2.26. The normalized spacial score (nSPS) is 24.4. The first-order valence-electron chi connectivity index (χ1n) is 6.00. The zero-order valence-corrected chi connectivity index (χ0v) is 11.1. The van der Waals surface area contributed by atoms with Crippen molar-refractivity contribution in [1.82, 2.24) is 9.80 Å². The molecule has 2 atom stereocenters. The molecule has 1 fully saturated rings. The summed E-state index contributed by atoms with van der Waals surface area (Å²) in [5.41, 5.74) is 0. The quantitative estimate of drug-likeness (QED) is 0.731. The molecule has 17 heavy (non-hydrogen) atoms. The fraction of sp³-hybridized carbons (Fsp3) is 0.833. The molecular formula is C12H22N2O3. The Bertz CT molecular complexity index is 283. The van der Waals surface area contributed by atoms with Crippen molar-refractivity contribution < 1.29 is 14.3 Å². The van der Waals surface area contributed by atoms with Gasteiger partial charge in [0.1, 0.15) is 6.54 Å². The Hall–Kier alpha value is -1.26. The Kier molecular flexibility index (Phi) is 4.78. The molecule has 1 heterocycles. The third kappa shape index (κ3) is 3.91. The van der Waals surface area contributed by atoms with E-state index in [1.54, 1.807) is 7.05 Å². The topological polar surface area (TPSA) is 49.9 Å². The van der Waals surface area contributed by atoms with E-state index in [2.05, 4.69) is 18.6 Å². The van der Waals surface area contributed by atoms with Crippen LogP contribution in [0.4, 0.5) is 4.79 Å². The molecule has 0 aliphatic carbocycles. The summed E-state index contributed by atoms with van der Waals surface area (Å²) >= 11 is 0. The third-order valence-electron chi connectivity index (χ3n) is 3.08. The number of amides is 2. The van der Waals surface area contributed by atoms with E-state index < -0.39 is 6.09 Å². The first-order chi connectivity index (χ1) is 7.93. The maximum absolute atomic E-state index is 12.0. The molecular weight excluding hydrogens is 220 g/mol. The van der Waals surface area contributed by atoms with Crippen molar-refractivity contribution in [2.75, 3.05) is 33.8 Å². The highest BCUT2D eigenvalue weighted by atomic mass is 16.5. The SMILES string of the molecule is COC(=O)N(C)CC(=O)N1C[C@H](C)C[C@@H](C)C1. The molecule has 5 heteroatoms. The van der Waals surface area contributed by atoms with Gasteiger partial charge >= 0.3 is 6.09 Å². The smallest absolute Gasteiger partial charge is 0.409 e. The van der Waals surface area contributed by atoms with Crippen LogP contribution in [0, 0.1) is 11.8 Å². The van der Waals surface area contributed by atoms with Crippen molar-refractivity contribution in [3.05, 3.63) is 0 Å². The van der Waals surface area contributed by atoms with Crippen LogP contribution < -0.4 is 0 Å². The lowest BCUT2D eigenvalue weighted by Gasteiger charge is -2.35. The Morgan fingerprint density at radius 1 is 1.29 bits per heavy atom. The Labute approximate surface area is 103 Å². The summed E-state index contributed by atoms with van der Waals surface area (Å²) < 4.78 is 4.56. The largest absolute Gasteiger partial charge is 0.453 e. The van der Waals surface area contributed by atoms with Crippen molar-refractivity contribution >= 4 is 12.0 Å². The van der Waals surface area contributed by atoms with Gasteiger partial charge < -0.3 is 14.5 Å². The number of carbonyl (C=O) groups excluding carboxylic acids is 2. The van der Waals surface area contributed by atoms with E-state index in [9.17, 15) is 9.59 Å². The number of likely N-dealkylation sites (tertiary alicyclic amines) is 1. The number of hydrogen-bond donors (Lipinski definition) is 0. The van der Waals surface area contributed by atoms with Crippen molar-refractivity contribution in [3.63, 3.8) is 0 Å². The van der Waals surface area contributed by atoms with Gasteiger partial charge in [0.2, 0.25) is 5.91 Å². The minimum Gasteiger partial charge on any atom is -0.453 e. The van der Waals surface area contributed by atoms with Crippen LogP contribution in [-0.4, -0.2) is 55.6 Å². The summed E-state index contributed by atoms with van der Waals surface area (Å²) in [6.07, 6.45) is 0.688. The van der Waals surface area contributed by atoms with Gasteiger partial charge in [-0.15, -0.1) is 0 Å². The van der Waals surface area contributed by atoms with Crippen LogP contribution in [0.25, 0.3) is 0 Å². The fourth-order valence-electron chi connectivity index (χ4n) is 2.39. The van der Waals surface area contributed by atoms with Crippen molar-refractivity contribution in [3.8, 4) is 0 Å². The first kappa shape index (κ1) is 13.8. The van der Waals surface area contributed by atoms with Crippen LogP contribution in [0.3, 0.4) is 0 Å². The predicted octanol–water partition coefficient (Wildman–Crippen LogP) is 1.19. The van der Waals surface area contributed by atoms with Gasteiger partial charge in [0, 0.05) is 20.1 Å². The van der Waals surface area contributed by atoms with Crippen LogP contribution in [0.15, 0.2) is 0 Å². The highest BCUT2D eigenvalue weighted by Crippen LogP contribution is 2.20. The van der Waals surface area contributed by atoms with Crippen LogP contribution >= 0.6 is 0 Å². The molecule has 1 saturated heterocycles. The lowest BCUT2D eigenvalue weighted by molar-refractivity contribution is -0.134. The molecule has 1 rings (SSSR count). The van der Waals surface area contributed by atoms with Crippen LogP contribution in [0.1, 0.15) is 20.3 Å². The van der Waals surface area contributed by atoms with Gasteiger partial charge in [0.25, 0.3) is 0 Å². The van der Waals surface area contributed by atoms with E-state index in [4.69, 9.17) is 0 Å². The molecule has 0 aromatic rings. The zero-order valence-electron chi connectivity index (χ0n) is 11.1. The van der Waals surface area contributed by atoms with Crippen molar-refractivity contribution in [1.29, 1.82) is 0 Å². The number of nitrogens with zero attached hydrogens (tertiary/aromatic N) is 2. The first-order valence-corrected chi connectivity index (χ1v) is 6.00. The summed E-state index contributed by atoms with van der Waals surface area (Å²) in [7, 11) is 2.88. The molecule has 0 aromatic carbocycles. The predicted molar refractivity (Wildman–Crippen MR) is 64.6 cm³/mol. The highest BCUT2D eigenvalue weighted by molar-refractivity contribution is 5.82. The van der Waals surface area contributed by atoms with E-state index in [-0.39, 0.29) is 12.5 Å².